The number of alkyl halides is 4. The van der Waals surface area contributed by atoms with E-state index in [4.69, 9.17) is 4.74 Å². The molecule has 0 amide bonds. The monoisotopic (exact) mass is 259 g/mol. The highest BCUT2D eigenvalue weighted by Crippen LogP contribution is 2.23. The van der Waals surface area contributed by atoms with Crippen molar-refractivity contribution in [2.24, 2.45) is 0 Å². The minimum absolute atomic E-state index is 0.165. The maximum atomic E-state index is 12.6. The highest BCUT2D eigenvalue weighted by molar-refractivity contribution is 4.74. The molecule has 2 nitrogen and oxygen atoms in total. The Kier molecular flexibility index (Phi) is 6.40. The zero-order valence-electron chi connectivity index (χ0n) is 10.7. The van der Waals surface area contributed by atoms with E-state index in [1.165, 1.54) is 0 Å². The van der Waals surface area contributed by atoms with Crippen molar-refractivity contribution in [2.45, 2.75) is 58.1 Å². The number of ether oxygens (including phenoxy) is 1. The normalized spacial score (nSPS) is 15.4. The molecule has 0 fully saturated rings. The van der Waals surface area contributed by atoms with Gasteiger partial charge in [0.15, 0.2) is 0 Å². The van der Waals surface area contributed by atoms with Crippen molar-refractivity contribution < 1.29 is 22.3 Å². The highest BCUT2D eigenvalue weighted by atomic mass is 19.3. The molecule has 0 aliphatic heterocycles. The Morgan fingerprint density at radius 2 is 1.71 bits per heavy atom. The van der Waals surface area contributed by atoms with E-state index in [2.05, 4.69) is 5.32 Å². The zero-order chi connectivity index (χ0) is 13.7. The fourth-order valence-corrected chi connectivity index (χ4v) is 1.03. The van der Waals surface area contributed by atoms with Crippen LogP contribution in [0.2, 0.25) is 0 Å². The Morgan fingerprint density at radius 1 is 1.18 bits per heavy atom. The van der Waals surface area contributed by atoms with Crippen molar-refractivity contribution in [1.29, 1.82) is 0 Å². The van der Waals surface area contributed by atoms with Crippen molar-refractivity contribution >= 4 is 0 Å². The van der Waals surface area contributed by atoms with Gasteiger partial charge in [0.25, 0.3) is 0 Å². The van der Waals surface area contributed by atoms with Gasteiger partial charge in [0.2, 0.25) is 0 Å². The van der Waals surface area contributed by atoms with E-state index < -0.39 is 25.1 Å². The molecule has 1 atom stereocenters. The van der Waals surface area contributed by atoms with Gasteiger partial charge >= 0.3 is 12.3 Å². The quantitative estimate of drug-likeness (QED) is 0.709. The zero-order valence-corrected chi connectivity index (χ0v) is 10.7. The van der Waals surface area contributed by atoms with Gasteiger partial charge in [-0.2, -0.15) is 8.78 Å². The second-order valence-electron chi connectivity index (χ2n) is 5.03. The van der Waals surface area contributed by atoms with Gasteiger partial charge in [0.05, 0.1) is 6.10 Å². The molecule has 1 N–H and O–H groups in total. The summed E-state index contributed by atoms with van der Waals surface area (Å²) in [6.45, 7) is 6.65. The van der Waals surface area contributed by atoms with E-state index in [-0.39, 0.29) is 5.54 Å². The molecule has 0 aromatic carbocycles. The topological polar surface area (TPSA) is 21.3 Å². The summed E-state index contributed by atoms with van der Waals surface area (Å²) in [4.78, 5) is 0. The molecule has 0 aliphatic rings. The second kappa shape index (κ2) is 6.54. The molecule has 104 valence electrons. The molecular weight excluding hydrogens is 238 g/mol. The highest BCUT2D eigenvalue weighted by Gasteiger charge is 2.41. The van der Waals surface area contributed by atoms with Crippen LogP contribution in [0.1, 0.15) is 34.1 Å². The van der Waals surface area contributed by atoms with Crippen molar-refractivity contribution in [3.05, 3.63) is 0 Å². The Hall–Kier alpha value is -0.360. The third-order valence-corrected chi connectivity index (χ3v) is 2.15. The lowest BCUT2D eigenvalue weighted by Gasteiger charge is -2.26. The molecule has 0 saturated heterocycles. The van der Waals surface area contributed by atoms with Crippen LogP contribution in [0, 0.1) is 0 Å². The first-order valence-electron chi connectivity index (χ1n) is 5.61. The third kappa shape index (κ3) is 7.54. The van der Waals surface area contributed by atoms with Crippen LogP contribution in [0.4, 0.5) is 17.6 Å². The molecule has 0 rings (SSSR count). The minimum atomic E-state index is -4.07. The van der Waals surface area contributed by atoms with Crippen LogP contribution in [0.3, 0.4) is 0 Å². The summed E-state index contributed by atoms with van der Waals surface area (Å²) in [6.07, 6.45) is -3.68. The molecule has 0 radical (unpaired) electrons. The number of hydrogen-bond acceptors (Lipinski definition) is 2. The molecule has 1 unspecified atom stereocenters. The lowest BCUT2D eigenvalue weighted by atomic mass is 10.1. The standard InChI is InChI=1S/C11H21F4NO/c1-5-8(6-16-10(2,3)4)17-7-11(14,15)9(12)13/h8-9,16H,5-7H2,1-4H3. The minimum Gasteiger partial charge on any atom is -0.370 e. The summed E-state index contributed by atoms with van der Waals surface area (Å²) in [5.41, 5.74) is -0.165. The molecule has 0 aliphatic carbocycles. The van der Waals surface area contributed by atoms with E-state index >= 15 is 0 Å². The van der Waals surface area contributed by atoms with Crippen LogP contribution in [-0.4, -0.2) is 37.1 Å². The predicted octanol–water partition coefficient (Wildman–Crippen LogP) is 3.07. The van der Waals surface area contributed by atoms with Crippen LogP contribution < -0.4 is 5.32 Å². The molecule has 0 heterocycles. The summed E-state index contributed by atoms with van der Waals surface area (Å²) in [5.74, 6) is -4.07. The first-order chi connectivity index (χ1) is 7.58. The van der Waals surface area contributed by atoms with Crippen molar-refractivity contribution in [1.82, 2.24) is 5.32 Å². The fraction of sp³-hybridized carbons (Fsp3) is 1.00. The van der Waals surface area contributed by atoms with E-state index in [0.717, 1.165) is 0 Å². The predicted molar refractivity (Wildman–Crippen MR) is 58.7 cm³/mol. The van der Waals surface area contributed by atoms with Crippen LogP contribution >= 0.6 is 0 Å². The molecule has 6 heteroatoms. The van der Waals surface area contributed by atoms with Crippen molar-refractivity contribution in [2.75, 3.05) is 13.2 Å². The maximum absolute atomic E-state index is 12.6. The van der Waals surface area contributed by atoms with Gasteiger partial charge in [-0.1, -0.05) is 6.92 Å². The van der Waals surface area contributed by atoms with Crippen LogP contribution in [0.5, 0.6) is 0 Å². The summed E-state index contributed by atoms with van der Waals surface area (Å²) in [6, 6.07) is 0. The van der Waals surface area contributed by atoms with Crippen molar-refractivity contribution in [3.63, 3.8) is 0 Å². The number of rotatable bonds is 7. The molecule has 0 aromatic heterocycles. The molecule has 0 aromatic rings. The summed E-state index contributed by atoms with van der Waals surface area (Å²) in [5, 5.41) is 3.08. The van der Waals surface area contributed by atoms with Gasteiger partial charge < -0.3 is 10.1 Å². The summed E-state index contributed by atoms with van der Waals surface area (Å²) in [7, 11) is 0. The van der Waals surface area contributed by atoms with E-state index in [9.17, 15) is 17.6 Å². The van der Waals surface area contributed by atoms with Crippen LogP contribution in [-0.2, 0) is 4.74 Å². The lowest BCUT2D eigenvalue weighted by molar-refractivity contribution is -0.176. The first kappa shape index (κ1) is 16.6. The summed E-state index contributed by atoms with van der Waals surface area (Å²) >= 11 is 0. The average molecular weight is 259 g/mol. The Labute approximate surface area is 99.7 Å². The fourth-order valence-electron chi connectivity index (χ4n) is 1.03. The average Bonchev–Trinajstić information content (AvgIpc) is 2.16. The van der Waals surface area contributed by atoms with Crippen molar-refractivity contribution in [3.8, 4) is 0 Å². The van der Waals surface area contributed by atoms with Gasteiger partial charge in [0.1, 0.15) is 6.61 Å². The van der Waals surface area contributed by atoms with Gasteiger partial charge in [0, 0.05) is 12.1 Å². The third-order valence-electron chi connectivity index (χ3n) is 2.15. The largest absolute Gasteiger partial charge is 0.370 e. The first-order valence-corrected chi connectivity index (χ1v) is 5.61. The SMILES string of the molecule is CCC(CNC(C)(C)C)OCC(F)(F)C(F)F. The Morgan fingerprint density at radius 3 is 2.06 bits per heavy atom. The van der Waals surface area contributed by atoms with E-state index in [1.807, 2.05) is 20.8 Å². The van der Waals surface area contributed by atoms with Gasteiger partial charge in [-0.15, -0.1) is 0 Å². The summed E-state index contributed by atoms with van der Waals surface area (Å²) < 4.78 is 53.9. The molecule has 17 heavy (non-hydrogen) atoms. The Bertz CT molecular complexity index is 216. The molecule has 0 spiro atoms. The van der Waals surface area contributed by atoms with E-state index in [1.54, 1.807) is 6.92 Å². The van der Waals surface area contributed by atoms with Gasteiger partial charge in [-0.3, -0.25) is 0 Å². The number of hydrogen-bond donors (Lipinski definition) is 1. The number of halogens is 4. The molecule has 0 saturated carbocycles. The van der Waals surface area contributed by atoms with Gasteiger partial charge in [-0.05, 0) is 27.2 Å². The van der Waals surface area contributed by atoms with E-state index in [0.29, 0.717) is 13.0 Å². The second-order valence-corrected chi connectivity index (χ2v) is 5.03. The lowest BCUT2D eigenvalue weighted by Crippen LogP contribution is -2.43. The molecular formula is C11H21F4NO. The number of nitrogens with one attached hydrogen (secondary N) is 1. The van der Waals surface area contributed by atoms with Crippen LogP contribution in [0.25, 0.3) is 0 Å². The Balaban J connectivity index is 4.07. The maximum Gasteiger partial charge on any atom is 0.330 e. The molecule has 0 bridgehead atoms. The van der Waals surface area contributed by atoms with Gasteiger partial charge in [-0.25, -0.2) is 8.78 Å². The van der Waals surface area contributed by atoms with Crippen LogP contribution in [0.15, 0.2) is 0 Å². The smallest absolute Gasteiger partial charge is 0.330 e.